The first-order valence-corrected chi connectivity index (χ1v) is 19.8. The van der Waals surface area contributed by atoms with E-state index < -0.39 is 8.07 Å². The topological polar surface area (TPSA) is 36.3 Å². The third-order valence-electron chi connectivity index (χ3n) is 10.6. The van der Waals surface area contributed by atoms with Crippen molar-refractivity contribution in [2.45, 2.75) is 16.7 Å². The maximum atomic E-state index is 10.3. The van der Waals surface area contributed by atoms with Crippen molar-refractivity contribution in [2.75, 3.05) is 4.90 Å². The summed E-state index contributed by atoms with van der Waals surface area (Å²) in [5.41, 5.74) is 8.61. The molecule has 3 nitrogen and oxygen atoms in total. The lowest BCUT2D eigenvalue weighted by molar-refractivity contribution is 0.482. The molecule has 0 aromatic heterocycles. The van der Waals surface area contributed by atoms with Crippen LogP contribution in [0.15, 0.2) is 168 Å². The highest BCUT2D eigenvalue weighted by Gasteiger charge is 2.44. The number of hydrogen-bond acceptors (Lipinski definition) is 4. The summed E-state index contributed by atoms with van der Waals surface area (Å²) in [7, 11) is -2.76. The van der Waals surface area contributed by atoms with Gasteiger partial charge in [-0.25, -0.2) is 0 Å². The van der Waals surface area contributed by atoms with E-state index in [-0.39, 0.29) is 6.71 Å². The van der Waals surface area contributed by atoms with Crippen LogP contribution in [0.1, 0.15) is 11.1 Å². The van der Waals surface area contributed by atoms with Gasteiger partial charge in [0.15, 0.2) is 0 Å². The minimum absolute atomic E-state index is 0.101. The average molecular weight is 673 g/mol. The van der Waals surface area contributed by atoms with E-state index in [4.69, 9.17) is 4.74 Å². The summed E-state index contributed by atoms with van der Waals surface area (Å²) in [6.07, 6.45) is 0. The first-order valence-electron chi connectivity index (χ1n) is 17.0. The van der Waals surface area contributed by atoms with Gasteiger partial charge in [-0.3, -0.25) is 0 Å². The van der Waals surface area contributed by atoms with Crippen LogP contribution in [-0.4, -0.2) is 14.8 Å². The van der Waals surface area contributed by atoms with Gasteiger partial charge >= 0.3 is 0 Å². The van der Waals surface area contributed by atoms with E-state index >= 15 is 0 Å². The Bertz CT molecular complexity index is 2460. The Balaban J connectivity index is 1.30. The number of para-hydroxylation sites is 2. The summed E-state index contributed by atoms with van der Waals surface area (Å²) in [4.78, 5) is 4.66. The lowest BCUT2D eigenvalue weighted by Gasteiger charge is -2.55. The van der Waals surface area contributed by atoms with Crippen LogP contribution in [0, 0.1) is 18.3 Å². The maximum Gasteiger partial charge on any atom is 0.256 e. The predicted octanol–water partition coefficient (Wildman–Crippen LogP) is 6.11. The van der Waals surface area contributed by atoms with Crippen LogP contribution in [0.5, 0.6) is 11.5 Å². The third kappa shape index (κ3) is 3.93. The maximum absolute atomic E-state index is 10.3. The first-order chi connectivity index (χ1) is 24.7. The Kier molecular flexibility index (Phi) is 6.51. The summed E-state index contributed by atoms with van der Waals surface area (Å²) in [5, 5.41) is 15.8. The summed E-state index contributed by atoms with van der Waals surface area (Å²) in [5.74, 6) is 1.73. The molecule has 6 heteroatoms. The van der Waals surface area contributed by atoms with Gasteiger partial charge in [-0.2, -0.15) is 15.6 Å². The number of ether oxygens (including phenoxy) is 1. The molecule has 0 spiro atoms. The molecule has 235 valence electrons. The molecular weight excluding hydrogens is 643 g/mol. The molecule has 0 amide bonds. The molecule has 50 heavy (non-hydrogen) atoms. The number of fused-ring (bicyclic) bond motifs is 6. The zero-order valence-corrected chi connectivity index (χ0v) is 29.1. The van der Waals surface area contributed by atoms with Crippen molar-refractivity contribution < 1.29 is 4.74 Å². The van der Waals surface area contributed by atoms with E-state index in [1.54, 1.807) is 11.8 Å². The summed E-state index contributed by atoms with van der Waals surface area (Å²) >= 11 is 1.69. The molecule has 0 bridgehead atoms. The minimum Gasteiger partial charge on any atom is -0.458 e. The quantitative estimate of drug-likeness (QED) is 0.212. The number of benzene rings is 7. The number of hydrogen-bond donors (Lipinski definition) is 0. The number of aryl methyl sites for hydroxylation is 1. The highest BCUT2D eigenvalue weighted by molar-refractivity contribution is 8.00. The number of nitriles is 1. The Labute approximate surface area is 297 Å². The molecule has 0 N–H and O–H groups in total. The van der Waals surface area contributed by atoms with Crippen molar-refractivity contribution in [2.24, 2.45) is 0 Å². The van der Waals surface area contributed by atoms with E-state index in [1.807, 2.05) is 6.07 Å². The molecule has 0 aliphatic carbocycles. The minimum atomic E-state index is -2.76. The molecule has 0 saturated heterocycles. The van der Waals surface area contributed by atoms with Gasteiger partial charge in [-0.1, -0.05) is 139 Å². The second kappa shape index (κ2) is 11.1. The molecule has 3 aliphatic rings. The van der Waals surface area contributed by atoms with Crippen LogP contribution in [-0.2, 0) is 0 Å². The zero-order valence-electron chi connectivity index (χ0n) is 27.3. The van der Waals surface area contributed by atoms with Gasteiger partial charge in [0.1, 0.15) is 17.6 Å². The van der Waals surface area contributed by atoms with Gasteiger partial charge in [0.05, 0.1) is 5.56 Å². The van der Waals surface area contributed by atoms with Crippen LogP contribution >= 0.6 is 11.8 Å². The second-order valence-corrected chi connectivity index (χ2v) is 17.9. The van der Waals surface area contributed by atoms with Crippen molar-refractivity contribution in [3.63, 3.8) is 0 Å². The highest BCUT2D eigenvalue weighted by Crippen LogP contribution is 2.44. The second-order valence-electron chi connectivity index (χ2n) is 13.1. The Morgan fingerprint density at radius 3 is 1.88 bits per heavy atom. The van der Waals surface area contributed by atoms with Crippen LogP contribution in [0.3, 0.4) is 0 Å². The smallest absolute Gasteiger partial charge is 0.256 e. The molecule has 0 saturated carbocycles. The van der Waals surface area contributed by atoms with Gasteiger partial charge in [0, 0.05) is 26.9 Å². The van der Waals surface area contributed by atoms with E-state index in [9.17, 15) is 5.26 Å². The van der Waals surface area contributed by atoms with Crippen LogP contribution < -0.4 is 46.8 Å². The fourth-order valence-electron chi connectivity index (χ4n) is 8.66. The van der Waals surface area contributed by atoms with Crippen LogP contribution in [0.4, 0.5) is 17.1 Å². The van der Waals surface area contributed by atoms with Crippen molar-refractivity contribution in [3.8, 4) is 17.6 Å². The van der Waals surface area contributed by atoms with Crippen molar-refractivity contribution >= 4 is 80.7 Å². The number of anilines is 3. The lowest BCUT2D eigenvalue weighted by atomic mass is 9.35. The third-order valence-corrected chi connectivity index (χ3v) is 16.7. The molecule has 0 unspecified atom stereocenters. The van der Waals surface area contributed by atoms with Crippen LogP contribution in [0.25, 0.3) is 0 Å². The van der Waals surface area contributed by atoms with E-state index in [1.165, 1.54) is 42.5 Å². The van der Waals surface area contributed by atoms with E-state index in [2.05, 4.69) is 170 Å². The van der Waals surface area contributed by atoms with Crippen LogP contribution in [0.2, 0.25) is 0 Å². The number of rotatable bonds is 3. The summed E-state index contributed by atoms with van der Waals surface area (Å²) in [6, 6.07) is 60.0. The molecular formula is C44H29BN2OSSi-. The van der Waals surface area contributed by atoms with Gasteiger partial charge < -0.3 is 9.64 Å². The highest BCUT2D eigenvalue weighted by atomic mass is 32.2. The molecule has 3 heterocycles. The Morgan fingerprint density at radius 2 is 1.22 bits per heavy atom. The Hall–Kier alpha value is -5.74. The van der Waals surface area contributed by atoms with E-state index in [0.717, 1.165) is 38.6 Å². The monoisotopic (exact) mass is 672 g/mol. The van der Waals surface area contributed by atoms with Gasteiger partial charge in [0.25, 0.3) is 6.71 Å². The Morgan fingerprint density at radius 1 is 0.640 bits per heavy atom. The van der Waals surface area contributed by atoms with Gasteiger partial charge in [-0.15, -0.1) is 10.4 Å². The summed E-state index contributed by atoms with van der Waals surface area (Å²) < 4.78 is 6.92. The molecule has 0 atom stereocenters. The molecule has 7 aromatic carbocycles. The fourth-order valence-corrected chi connectivity index (χ4v) is 15.0. The predicted molar refractivity (Wildman–Crippen MR) is 209 cm³/mol. The van der Waals surface area contributed by atoms with Gasteiger partial charge in [0.2, 0.25) is 0 Å². The summed E-state index contributed by atoms with van der Waals surface area (Å²) in [6.45, 7) is 1.96. The average Bonchev–Trinajstić information content (AvgIpc) is 3.18. The van der Waals surface area contributed by atoms with Crippen molar-refractivity contribution in [1.29, 1.82) is 5.26 Å². The van der Waals surface area contributed by atoms with Crippen molar-refractivity contribution in [1.82, 2.24) is 0 Å². The standard InChI is InChI=1S/C44H29BN2OSSi/c1-29-27-30(28-46)44-42-43(29)48-37-23-14-22-36(41(37)45(42)33-19-8-11-24-38(33)49-44)47-34-20-9-12-25-39(34)50(31-15-4-2-5-16-31,32-17-6-3-7-18-32)40-26-13-10-21-35(40)47/h2-27H,1H3/q-1. The number of nitrogens with zero attached hydrogens (tertiary/aromatic N) is 2. The largest absolute Gasteiger partial charge is 0.458 e. The molecule has 10 rings (SSSR count). The normalized spacial score (nSPS) is 14.2. The van der Waals surface area contributed by atoms with E-state index in [0.29, 0.717) is 5.56 Å². The van der Waals surface area contributed by atoms with Gasteiger partial charge in [-0.05, 0) is 67.9 Å². The first kappa shape index (κ1) is 29.2. The molecule has 0 fully saturated rings. The molecule has 7 aromatic rings. The fraction of sp³-hybridized carbons (Fsp3) is 0.0227. The molecule has 0 radical (unpaired) electrons. The SMILES string of the molecule is Cc1cc(C#N)c2c3c1Oc1cccc(N4c5ccccc5[Si-](c5ccccc5)(c5ccccc5)c5ccccc54)c1B3c1ccccc1S2. The zero-order chi connectivity index (χ0) is 33.4. The lowest BCUT2D eigenvalue weighted by Crippen LogP contribution is -2.77. The van der Waals surface area contributed by atoms with Crippen molar-refractivity contribution in [3.05, 3.63) is 169 Å². The molecule has 3 aliphatic heterocycles.